The van der Waals surface area contributed by atoms with Crippen molar-refractivity contribution in [2.45, 2.75) is 12.7 Å². The van der Waals surface area contributed by atoms with E-state index in [4.69, 9.17) is 5.11 Å². The van der Waals surface area contributed by atoms with E-state index in [1.165, 1.54) is 0 Å². The Balaban J connectivity index is 3.10. The Hall–Kier alpha value is -0.960. The number of hydrogen-bond donors (Lipinski definition) is 1. The highest BCUT2D eigenvalue weighted by atomic mass is 32.2. The second kappa shape index (κ2) is 4.33. The lowest BCUT2D eigenvalue weighted by molar-refractivity contribution is 0.0696. The van der Waals surface area contributed by atoms with Crippen LogP contribution in [0, 0.1) is 6.92 Å². The summed E-state index contributed by atoms with van der Waals surface area (Å²) in [5.41, 5.74) is 2.31. The molecule has 0 spiro atoms. The van der Waals surface area contributed by atoms with E-state index in [1.54, 1.807) is 17.8 Å². The molecule has 0 saturated heterocycles. The van der Waals surface area contributed by atoms with Crippen molar-refractivity contribution < 1.29 is 9.90 Å². The summed E-state index contributed by atoms with van der Waals surface area (Å²) in [5.74, 6) is -0.0881. The van der Waals surface area contributed by atoms with E-state index < -0.39 is 5.97 Å². The topological polar surface area (TPSA) is 37.3 Å². The molecule has 0 heterocycles. The predicted molar refractivity (Wildman–Crippen MR) is 55.4 cm³/mol. The molecule has 1 rings (SSSR count). The maximum absolute atomic E-state index is 10.8. The van der Waals surface area contributed by atoms with Gasteiger partial charge in [0.25, 0.3) is 0 Å². The summed E-state index contributed by atoms with van der Waals surface area (Å²) >= 11 is 1.63. The monoisotopic (exact) mass is 196 g/mol. The molecule has 70 valence electrons. The third kappa shape index (κ3) is 2.49. The van der Waals surface area contributed by atoms with Crippen LogP contribution in [0.4, 0.5) is 0 Å². The molecule has 1 aromatic carbocycles. The summed E-state index contributed by atoms with van der Waals surface area (Å²) in [7, 11) is 0. The van der Waals surface area contributed by atoms with E-state index in [-0.39, 0.29) is 0 Å². The molecular formula is C10H12O2S. The van der Waals surface area contributed by atoms with Crippen LogP contribution in [0.3, 0.4) is 0 Å². The molecule has 0 aliphatic carbocycles. The summed E-state index contributed by atoms with van der Waals surface area (Å²) < 4.78 is 0. The largest absolute Gasteiger partial charge is 0.478 e. The molecule has 0 atom stereocenters. The zero-order chi connectivity index (χ0) is 9.84. The molecular weight excluding hydrogens is 184 g/mol. The lowest BCUT2D eigenvalue weighted by atomic mass is 10.1. The van der Waals surface area contributed by atoms with Crippen molar-refractivity contribution in [1.82, 2.24) is 0 Å². The van der Waals surface area contributed by atoms with Crippen molar-refractivity contribution in [3.05, 3.63) is 34.9 Å². The van der Waals surface area contributed by atoms with Crippen LogP contribution in [0.5, 0.6) is 0 Å². The molecule has 0 bridgehead atoms. The molecule has 2 nitrogen and oxygen atoms in total. The number of carboxylic acid groups (broad SMARTS) is 1. The molecule has 0 amide bonds. The molecule has 0 unspecified atom stereocenters. The quantitative estimate of drug-likeness (QED) is 0.807. The summed E-state index contributed by atoms with van der Waals surface area (Å²) in [4.78, 5) is 10.8. The number of benzene rings is 1. The van der Waals surface area contributed by atoms with Crippen LogP contribution >= 0.6 is 11.8 Å². The second-order valence-electron chi connectivity index (χ2n) is 2.90. The van der Waals surface area contributed by atoms with Crippen molar-refractivity contribution >= 4 is 17.7 Å². The van der Waals surface area contributed by atoms with Crippen LogP contribution in [0.1, 0.15) is 21.5 Å². The van der Waals surface area contributed by atoms with Gasteiger partial charge in [-0.15, -0.1) is 0 Å². The Morgan fingerprint density at radius 2 is 2.23 bits per heavy atom. The summed E-state index contributed by atoms with van der Waals surface area (Å²) in [6.07, 6.45) is 1.96. The number of carbonyl (C=O) groups is 1. The van der Waals surface area contributed by atoms with Crippen LogP contribution in [0.15, 0.2) is 18.2 Å². The van der Waals surface area contributed by atoms with Gasteiger partial charge in [-0.1, -0.05) is 17.7 Å². The normalized spacial score (nSPS) is 10.0. The average molecular weight is 196 g/mol. The highest BCUT2D eigenvalue weighted by Crippen LogP contribution is 2.16. The van der Waals surface area contributed by atoms with E-state index in [9.17, 15) is 4.79 Å². The molecule has 0 radical (unpaired) electrons. The van der Waals surface area contributed by atoms with Crippen LogP contribution in [0.2, 0.25) is 0 Å². The van der Waals surface area contributed by atoms with E-state index in [2.05, 4.69) is 0 Å². The maximum atomic E-state index is 10.8. The molecule has 1 N–H and O–H groups in total. The van der Waals surface area contributed by atoms with Gasteiger partial charge in [0.05, 0.1) is 5.56 Å². The maximum Gasteiger partial charge on any atom is 0.336 e. The Morgan fingerprint density at radius 3 is 2.77 bits per heavy atom. The number of thioether (sulfide) groups is 1. The van der Waals surface area contributed by atoms with Crippen LogP contribution < -0.4 is 0 Å². The average Bonchev–Trinajstić information content (AvgIpc) is 2.08. The fourth-order valence-electron chi connectivity index (χ4n) is 1.17. The van der Waals surface area contributed by atoms with Crippen molar-refractivity contribution in [2.24, 2.45) is 0 Å². The molecule has 0 aliphatic rings. The minimum absolute atomic E-state index is 0.425. The molecule has 13 heavy (non-hydrogen) atoms. The number of aromatic carboxylic acids is 1. The van der Waals surface area contributed by atoms with Gasteiger partial charge in [0.2, 0.25) is 0 Å². The van der Waals surface area contributed by atoms with Gasteiger partial charge in [0.15, 0.2) is 0 Å². The molecule has 0 saturated carbocycles. The van der Waals surface area contributed by atoms with E-state index in [0.29, 0.717) is 5.56 Å². The van der Waals surface area contributed by atoms with Gasteiger partial charge in [0, 0.05) is 5.75 Å². The smallest absolute Gasteiger partial charge is 0.336 e. The van der Waals surface area contributed by atoms with Crippen LogP contribution in [0.25, 0.3) is 0 Å². The summed E-state index contributed by atoms with van der Waals surface area (Å²) in [6, 6.07) is 5.54. The van der Waals surface area contributed by atoms with E-state index in [1.807, 2.05) is 25.3 Å². The van der Waals surface area contributed by atoms with Crippen molar-refractivity contribution in [2.75, 3.05) is 6.26 Å². The molecule has 0 aliphatic heterocycles. The number of rotatable bonds is 3. The van der Waals surface area contributed by atoms with Gasteiger partial charge in [-0.05, 0) is 24.8 Å². The van der Waals surface area contributed by atoms with E-state index in [0.717, 1.165) is 16.9 Å². The number of carboxylic acids is 1. The van der Waals surface area contributed by atoms with Gasteiger partial charge in [-0.2, -0.15) is 11.8 Å². The van der Waals surface area contributed by atoms with Crippen LogP contribution in [-0.2, 0) is 5.75 Å². The zero-order valence-electron chi connectivity index (χ0n) is 7.70. The fourth-order valence-corrected chi connectivity index (χ4v) is 1.73. The lowest BCUT2D eigenvalue weighted by Crippen LogP contribution is -2.01. The molecule has 0 aromatic heterocycles. The van der Waals surface area contributed by atoms with Gasteiger partial charge >= 0.3 is 5.97 Å². The Bertz CT molecular complexity index is 321. The highest BCUT2D eigenvalue weighted by Gasteiger charge is 2.08. The predicted octanol–water partition coefficient (Wildman–Crippen LogP) is 2.56. The summed E-state index contributed by atoms with van der Waals surface area (Å²) in [5, 5.41) is 8.91. The van der Waals surface area contributed by atoms with Crippen molar-refractivity contribution in [3.8, 4) is 0 Å². The lowest BCUT2D eigenvalue weighted by Gasteiger charge is -2.04. The van der Waals surface area contributed by atoms with Gasteiger partial charge in [-0.3, -0.25) is 0 Å². The first-order valence-electron chi connectivity index (χ1n) is 3.97. The number of aryl methyl sites for hydroxylation is 1. The van der Waals surface area contributed by atoms with Gasteiger partial charge in [-0.25, -0.2) is 4.79 Å². The van der Waals surface area contributed by atoms with Crippen LogP contribution in [-0.4, -0.2) is 17.3 Å². The second-order valence-corrected chi connectivity index (χ2v) is 3.76. The Morgan fingerprint density at radius 1 is 1.54 bits per heavy atom. The first-order chi connectivity index (χ1) is 6.15. The zero-order valence-corrected chi connectivity index (χ0v) is 8.52. The van der Waals surface area contributed by atoms with Gasteiger partial charge in [0.1, 0.15) is 0 Å². The van der Waals surface area contributed by atoms with Crippen molar-refractivity contribution in [3.63, 3.8) is 0 Å². The van der Waals surface area contributed by atoms with Crippen molar-refractivity contribution in [1.29, 1.82) is 0 Å². The van der Waals surface area contributed by atoms with Gasteiger partial charge < -0.3 is 5.11 Å². The minimum atomic E-state index is -0.840. The molecule has 1 aromatic rings. The minimum Gasteiger partial charge on any atom is -0.478 e. The third-order valence-electron chi connectivity index (χ3n) is 1.80. The standard InChI is InChI=1S/C10H12O2S/c1-7-3-4-8(6-13-2)9(5-7)10(11)12/h3-5H,6H2,1-2H3,(H,11,12). The highest BCUT2D eigenvalue weighted by molar-refractivity contribution is 7.97. The molecule has 3 heteroatoms. The first-order valence-corrected chi connectivity index (χ1v) is 5.36. The molecule has 0 fully saturated rings. The fraction of sp³-hybridized carbons (Fsp3) is 0.300. The summed E-state index contributed by atoms with van der Waals surface area (Å²) in [6.45, 7) is 1.90. The Kier molecular flexibility index (Phi) is 3.37. The number of hydrogen-bond acceptors (Lipinski definition) is 2. The first kappa shape index (κ1) is 10.1. The third-order valence-corrected chi connectivity index (χ3v) is 2.40. The Labute approximate surface area is 82.0 Å². The van der Waals surface area contributed by atoms with E-state index >= 15 is 0 Å². The SMILES string of the molecule is CSCc1ccc(C)cc1C(=O)O.